The van der Waals surface area contributed by atoms with E-state index in [2.05, 4.69) is 0 Å². The van der Waals surface area contributed by atoms with Gasteiger partial charge in [0.25, 0.3) is 5.91 Å². The lowest BCUT2D eigenvalue weighted by molar-refractivity contribution is 0.0987. The molecule has 3 nitrogen and oxygen atoms in total. The Kier molecular flexibility index (Phi) is 3.24. The number of halogens is 1. The van der Waals surface area contributed by atoms with E-state index >= 15 is 0 Å². The minimum atomic E-state index is -0.364. The fraction of sp³-hybridized carbons (Fsp3) is 0.188. The summed E-state index contributed by atoms with van der Waals surface area (Å²) in [6.07, 6.45) is 0. The maximum absolute atomic E-state index is 12.9. The average molecular weight is 271 g/mol. The van der Waals surface area contributed by atoms with Crippen LogP contribution in [0.2, 0.25) is 0 Å². The molecular formula is C16H14FNO2. The van der Waals surface area contributed by atoms with E-state index in [9.17, 15) is 14.3 Å². The largest absolute Gasteiger partial charge is 0.396 e. The first kappa shape index (κ1) is 12.8. The maximum Gasteiger partial charge on any atom is 0.258 e. The van der Waals surface area contributed by atoms with Gasteiger partial charge < -0.3 is 10.0 Å². The Hall–Kier alpha value is -2.20. The van der Waals surface area contributed by atoms with Crippen molar-refractivity contribution in [2.45, 2.75) is 5.92 Å². The maximum atomic E-state index is 12.9. The van der Waals surface area contributed by atoms with Crippen molar-refractivity contribution in [2.75, 3.05) is 18.1 Å². The zero-order valence-electron chi connectivity index (χ0n) is 10.8. The third-order valence-corrected chi connectivity index (χ3v) is 3.63. The number of nitrogens with zero attached hydrogens (tertiary/aromatic N) is 1. The Labute approximate surface area is 116 Å². The van der Waals surface area contributed by atoms with E-state index in [-0.39, 0.29) is 24.2 Å². The monoisotopic (exact) mass is 271 g/mol. The average Bonchev–Trinajstić information content (AvgIpc) is 2.86. The van der Waals surface area contributed by atoms with Gasteiger partial charge in [0.1, 0.15) is 5.82 Å². The first-order valence-electron chi connectivity index (χ1n) is 6.48. The third-order valence-electron chi connectivity index (χ3n) is 3.63. The second-order valence-corrected chi connectivity index (χ2v) is 4.86. The fourth-order valence-corrected chi connectivity index (χ4v) is 2.59. The van der Waals surface area contributed by atoms with E-state index in [4.69, 9.17) is 0 Å². The predicted octanol–water partition coefficient (Wildman–Crippen LogP) is 2.56. The van der Waals surface area contributed by atoms with Crippen molar-refractivity contribution >= 4 is 11.6 Å². The number of benzene rings is 2. The van der Waals surface area contributed by atoms with Gasteiger partial charge >= 0.3 is 0 Å². The van der Waals surface area contributed by atoms with Gasteiger partial charge in [-0.25, -0.2) is 4.39 Å². The number of aliphatic hydroxyl groups is 1. The van der Waals surface area contributed by atoms with Crippen LogP contribution in [0.4, 0.5) is 10.1 Å². The number of para-hydroxylation sites is 1. The van der Waals surface area contributed by atoms with Gasteiger partial charge in [0.05, 0.1) is 6.61 Å². The number of hydrogen-bond acceptors (Lipinski definition) is 2. The summed E-state index contributed by atoms with van der Waals surface area (Å²) in [5.74, 6) is -0.597. The number of amides is 1. The fourth-order valence-electron chi connectivity index (χ4n) is 2.59. The van der Waals surface area contributed by atoms with Crippen LogP contribution in [0.25, 0.3) is 0 Å². The molecule has 1 N–H and O–H groups in total. The third kappa shape index (κ3) is 2.08. The molecule has 0 radical (unpaired) electrons. The van der Waals surface area contributed by atoms with Crippen molar-refractivity contribution < 1.29 is 14.3 Å². The molecule has 0 fully saturated rings. The first-order valence-corrected chi connectivity index (χ1v) is 6.48. The van der Waals surface area contributed by atoms with Gasteiger partial charge in [0, 0.05) is 23.7 Å². The number of aliphatic hydroxyl groups excluding tert-OH is 1. The van der Waals surface area contributed by atoms with Crippen molar-refractivity contribution in [3.63, 3.8) is 0 Å². The summed E-state index contributed by atoms with van der Waals surface area (Å²) >= 11 is 0. The molecule has 20 heavy (non-hydrogen) atoms. The second-order valence-electron chi connectivity index (χ2n) is 4.86. The Morgan fingerprint density at radius 3 is 2.60 bits per heavy atom. The summed E-state index contributed by atoms with van der Waals surface area (Å²) < 4.78 is 12.9. The molecule has 0 saturated carbocycles. The van der Waals surface area contributed by atoms with Crippen LogP contribution in [0.1, 0.15) is 21.8 Å². The summed E-state index contributed by atoms with van der Waals surface area (Å²) in [4.78, 5) is 14.1. The summed E-state index contributed by atoms with van der Waals surface area (Å²) in [6, 6.07) is 13.1. The molecule has 3 rings (SSSR count). The second kappa shape index (κ2) is 5.06. The Balaban J connectivity index is 1.95. The van der Waals surface area contributed by atoms with Crippen LogP contribution in [-0.4, -0.2) is 24.2 Å². The summed E-state index contributed by atoms with van der Waals surface area (Å²) in [7, 11) is 0. The Morgan fingerprint density at radius 2 is 1.90 bits per heavy atom. The van der Waals surface area contributed by atoms with Gasteiger partial charge in [0.2, 0.25) is 0 Å². The molecule has 1 aliphatic rings. The van der Waals surface area contributed by atoms with E-state index in [0.29, 0.717) is 12.1 Å². The van der Waals surface area contributed by atoms with E-state index in [1.54, 1.807) is 4.90 Å². The van der Waals surface area contributed by atoms with Crippen LogP contribution in [0.15, 0.2) is 48.5 Å². The molecule has 1 amide bonds. The number of hydrogen-bond donors (Lipinski definition) is 1. The van der Waals surface area contributed by atoms with Crippen molar-refractivity contribution in [1.29, 1.82) is 0 Å². The van der Waals surface area contributed by atoms with Crippen LogP contribution in [0.3, 0.4) is 0 Å². The molecule has 2 aromatic rings. The van der Waals surface area contributed by atoms with Crippen LogP contribution < -0.4 is 4.90 Å². The number of fused-ring (bicyclic) bond motifs is 1. The topological polar surface area (TPSA) is 40.5 Å². The molecule has 0 saturated heterocycles. The number of carbonyl (C=O) groups is 1. The van der Waals surface area contributed by atoms with Crippen molar-refractivity contribution in [3.8, 4) is 0 Å². The number of carbonyl (C=O) groups excluding carboxylic acids is 1. The van der Waals surface area contributed by atoms with E-state index in [0.717, 1.165) is 11.3 Å². The first-order chi connectivity index (χ1) is 9.70. The highest BCUT2D eigenvalue weighted by Crippen LogP contribution is 2.36. The SMILES string of the molecule is O=C(c1ccc(F)cc1)N1CC(CO)c2ccccc21. The lowest BCUT2D eigenvalue weighted by Gasteiger charge is -2.17. The predicted molar refractivity (Wildman–Crippen MR) is 74.3 cm³/mol. The quantitative estimate of drug-likeness (QED) is 0.912. The molecule has 1 atom stereocenters. The molecule has 4 heteroatoms. The molecule has 1 heterocycles. The van der Waals surface area contributed by atoms with E-state index in [1.165, 1.54) is 24.3 Å². The van der Waals surface area contributed by atoms with Crippen molar-refractivity contribution in [1.82, 2.24) is 0 Å². The molecule has 0 bridgehead atoms. The van der Waals surface area contributed by atoms with Gasteiger partial charge in [-0.2, -0.15) is 0 Å². The highest BCUT2D eigenvalue weighted by Gasteiger charge is 2.31. The lowest BCUT2D eigenvalue weighted by Crippen LogP contribution is -2.30. The molecule has 102 valence electrons. The molecule has 0 spiro atoms. The molecule has 1 unspecified atom stereocenters. The zero-order chi connectivity index (χ0) is 14.1. The minimum absolute atomic E-state index is 0.00418. The van der Waals surface area contributed by atoms with Crippen LogP contribution in [0, 0.1) is 5.82 Å². The zero-order valence-corrected chi connectivity index (χ0v) is 10.8. The number of anilines is 1. The standard InChI is InChI=1S/C16H14FNO2/c17-13-7-5-11(6-8-13)16(20)18-9-12(10-19)14-3-1-2-4-15(14)18/h1-8,12,19H,9-10H2. The van der Waals surface area contributed by atoms with Gasteiger partial charge in [-0.1, -0.05) is 18.2 Å². The van der Waals surface area contributed by atoms with E-state index < -0.39 is 0 Å². The molecule has 2 aromatic carbocycles. The van der Waals surface area contributed by atoms with Crippen molar-refractivity contribution in [2.24, 2.45) is 0 Å². The smallest absolute Gasteiger partial charge is 0.258 e. The van der Waals surface area contributed by atoms with Crippen LogP contribution >= 0.6 is 0 Å². The highest BCUT2D eigenvalue weighted by molar-refractivity contribution is 6.07. The van der Waals surface area contributed by atoms with Gasteiger partial charge in [-0.05, 0) is 35.9 Å². The van der Waals surface area contributed by atoms with Crippen LogP contribution in [0.5, 0.6) is 0 Å². The van der Waals surface area contributed by atoms with Crippen molar-refractivity contribution in [3.05, 3.63) is 65.5 Å². The van der Waals surface area contributed by atoms with Crippen LogP contribution in [-0.2, 0) is 0 Å². The molecule has 0 aromatic heterocycles. The van der Waals surface area contributed by atoms with E-state index in [1.807, 2.05) is 24.3 Å². The molecular weight excluding hydrogens is 257 g/mol. The Bertz CT molecular complexity index is 639. The number of rotatable bonds is 2. The lowest BCUT2D eigenvalue weighted by atomic mass is 10.0. The Morgan fingerprint density at radius 1 is 1.20 bits per heavy atom. The normalized spacial score (nSPS) is 17.1. The highest BCUT2D eigenvalue weighted by atomic mass is 19.1. The summed E-state index contributed by atoms with van der Waals surface area (Å²) in [5.41, 5.74) is 2.24. The molecule has 0 aliphatic carbocycles. The minimum Gasteiger partial charge on any atom is -0.396 e. The van der Waals surface area contributed by atoms with Gasteiger partial charge in [-0.15, -0.1) is 0 Å². The van der Waals surface area contributed by atoms with Gasteiger partial charge in [0.15, 0.2) is 0 Å². The summed E-state index contributed by atoms with van der Waals surface area (Å²) in [5, 5.41) is 9.43. The van der Waals surface area contributed by atoms with Gasteiger partial charge in [-0.3, -0.25) is 4.79 Å². The molecule has 1 aliphatic heterocycles. The summed E-state index contributed by atoms with van der Waals surface area (Å²) in [6.45, 7) is 0.455.